The Kier molecular flexibility index (Phi) is 6.30. The highest BCUT2D eigenvalue weighted by Crippen LogP contribution is 2.20. The Balaban J connectivity index is 4.10. The Morgan fingerprint density at radius 3 is 1.25 bits per heavy atom. The number of carbonyl (C=O) groups is 2. The van der Waals surface area contributed by atoms with E-state index in [2.05, 4.69) is 9.47 Å². The first-order valence-corrected chi connectivity index (χ1v) is 5.39. The van der Waals surface area contributed by atoms with Crippen LogP contribution in [0.5, 0.6) is 0 Å². The molecule has 118 valence electrons. The van der Waals surface area contributed by atoms with Crippen LogP contribution in [-0.2, 0) is 19.1 Å². The van der Waals surface area contributed by atoms with Crippen molar-refractivity contribution in [2.75, 3.05) is 0 Å². The number of alkyl halides is 6. The summed E-state index contributed by atoms with van der Waals surface area (Å²) in [6, 6.07) is 0. The quantitative estimate of drug-likeness (QED) is 0.579. The number of carbonyl (C=O) groups excluding carboxylic acids is 2. The molecule has 0 amide bonds. The summed E-state index contributed by atoms with van der Waals surface area (Å²) in [5, 5.41) is 0. The standard InChI is InChI=1S/C10H12F6O4/c1-5(19-7(17)9(11,12)13)3-4-6(2)20-8(18)10(14,15)16/h5-6H,3-4H2,1-2H3. The third kappa shape index (κ3) is 7.19. The van der Waals surface area contributed by atoms with Crippen LogP contribution < -0.4 is 0 Å². The molecule has 0 aromatic heterocycles. The van der Waals surface area contributed by atoms with Gasteiger partial charge >= 0.3 is 24.3 Å². The number of esters is 2. The molecule has 0 fully saturated rings. The number of halogens is 6. The molecular formula is C10H12F6O4. The first-order chi connectivity index (χ1) is 8.84. The minimum Gasteiger partial charge on any atom is -0.456 e. The van der Waals surface area contributed by atoms with E-state index in [-0.39, 0.29) is 12.8 Å². The number of rotatable bonds is 5. The van der Waals surface area contributed by atoms with E-state index in [9.17, 15) is 35.9 Å². The van der Waals surface area contributed by atoms with Gasteiger partial charge in [0.25, 0.3) is 0 Å². The highest BCUT2D eigenvalue weighted by Gasteiger charge is 2.42. The summed E-state index contributed by atoms with van der Waals surface area (Å²) in [6.07, 6.45) is -13.0. The fourth-order valence-corrected chi connectivity index (χ4v) is 1.09. The summed E-state index contributed by atoms with van der Waals surface area (Å²) in [5.41, 5.74) is 0. The lowest BCUT2D eigenvalue weighted by Gasteiger charge is -2.18. The summed E-state index contributed by atoms with van der Waals surface area (Å²) in [6.45, 7) is 2.28. The SMILES string of the molecule is CC(CCC(C)OC(=O)C(F)(F)F)OC(=O)C(F)(F)F. The molecule has 0 heterocycles. The average Bonchev–Trinajstić information content (AvgIpc) is 2.23. The molecule has 0 N–H and O–H groups in total. The third-order valence-electron chi connectivity index (χ3n) is 2.06. The van der Waals surface area contributed by atoms with Crippen molar-refractivity contribution >= 4 is 11.9 Å². The number of hydrogen-bond acceptors (Lipinski definition) is 4. The molecule has 0 aromatic carbocycles. The van der Waals surface area contributed by atoms with E-state index in [1.54, 1.807) is 0 Å². The zero-order valence-corrected chi connectivity index (χ0v) is 10.5. The molecule has 10 heteroatoms. The largest absolute Gasteiger partial charge is 0.490 e. The molecule has 2 atom stereocenters. The summed E-state index contributed by atoms with van der Waals surface area (Å²) >= 11 is 0. The van der Waals surface area contributed by atoms with Crippen LogP contribution in [0.1, 0.15) is 26.7 Å². The highest BCUT2D eigenvalue weighted by molar-refractivity contribution is 5.76. The van der Waals surface area contributed by atoms with Crippen molar-refractivity contribution in [2.45, 2.75) is 51.2 Å². The minimum atomic E-state index is -5.14. The van der Waals surface area contributed by atoms with Gasteiger partial charge in [-0.05, 0) is 26.7 Å². The van der Waals surface area contributed by atoms with Gasteiger partial charge in [-0.2, -0.15) is 26.3 Å². The van der Waals surface area contributed by atoms with Crippen LogP contribution in [0.4, 0.5) is 26.3 Å². The van der Waals surface area contributed by atoms with Gasteiger partial charge in [0.1, 0.15) is 0 Å². The lowest BCUT2D eigenvalue weighted by atomic mass is 10.1. The minimum absolute atomic E-state index is 0.186. The highest BCUT2D eigenvalue weighted by atomic mass is 19.4. The lowest BCUT2D eigenvalue weighted by Crippen LogP contribution is -2.31. The maximum Gasteiger partial charge on any atom is 0.490 e. The fraction of sp³-hybridized carbons (Fsp3) is 0.800. The average molecular weight is 310 g/mol. The summed E-state index contributed by atoms with van der Waals surface area (Å²) in [4.78, 5) is 20.9. The molecule has 0 rings (SSSR count). The van der Waals surface area contributed by atoms with Crippen LogP contribution in [0.15, 0.2) is 0 Å². The molecule has 0 aromatic rings. The summed E-state index contributed by atoms with van der Waals surface area (Å²) in [7, 11) is 0. The number of hydrogen-bond donors (Lipinski definition) is 0. The molecule has 4 nitrogen and oxygen atoms in total. The zero-order chi connectivity index (χ0) is 16.1. The molecule has 0 aliphatic carbocycles. The van der Waals surface area contributed by atoms with E-state index < -0.39 is 36.5 Å². The first-order valence-electron chi connectivity index (χ1n) is 5.39. The third-order valence-corrected chi connectivity index (χ3v) is 2.06. The maximum atomic E-state index is 11.8. The lowest BCUT2D eigenvalue weighted by molar-refractivity contribution is -0.206. The Labute approximate surface area is 110 Å². The molecule has 0 saturated carbocycles. The van der Waals surface area contributed by atoms with Gasteiger partial charge in [-0.1, -0.05) is 0 Å². The summed E-state index contributed by atoms with van der Waals surface area (Å²) < 4.78 is 79.1. The van der Waals surface area contributed by atoms with Crippen molar-refractivity contribution in [1.82, 2.24) is 0 Å². The van der Waals surface area contributed by atoms with Crippen LogP contribution >= 0.6 is 0 Å². The van der Waals surface area contributed by atoms with E-state index in [0.29, 0.717) is 0 Å². The van der Waals surface area contributed by atoms with Gasteiger partial charge in [-0.3, -0.25) is 0 Å². The second-order valence-electron chi connectivity index (χ2n) is 4.00. The molecular weight excluding hydrogens is 298 g/mol. The van der Waals surface area contributed by atoms with Gasteiger partial charge in [0.15, 0.2) is 0 Å². The zero-order valence-electron chi connectivity index (χ0n) is 10.5. The summed E-state index contributed by atoms with van der Waals surface area (Å²) in [5.74, 6) is -4.77. The van der Waals surface area contributed by atoms with Crippen molar-refractivity contribution in [2.24, 2.45) is 0 Å². The monoisotopic (exact) mass is 310 g/mol. The van der Waals surface area contributed by atoms with Gasteiger partial charge in [0.05, 0.1) is 12.2 Å². The van der Waals surface area contributed by atoms with Gasteiger partial charge in [0.2, 0.25) is 0 Å². The van der Waals surface area contributed by atoms with Crippen molar-refractivity contribution < 1.29 is 45.4 Å². The number of ether oxygens (including phenoxy) is 2. The van der Waals surface area contributed by atoms with E-state index >= 15 is 0 Å². The van der Waals surface area contributed by atoms with Crippen LogP contribution in [0.25, 0.3) is 0 Å². The van der Waals surface area contributed by atoms with Gasteiger partial charge in [-0.25, -0.2) is 9.59 Å². The van der Waals surface area contributed by atoms with Crippen molar-refractivity contribution in [1.29, 1.82) is 0 Å². The van der Waals surface area contributed by atoms with E-state index in [1.807, 2.05) is 0 Å². The van der Waals surface area contributed by atoms with Crippen molar-refractivity contribution in [3.05, 3.63) is 0 Å². The molecule has 0 saturated heterocycles. The van der Waals surface area contributed by atoms with E-state index in [0.717, 1.165) is 13.8 Å². The Morgan fingerprint density at radius 1 is 0.800 bits per heavy atom. The molecule has 0 bridgehead atoms. The predicted octanol–water partition coefficient (Wildman–Crippen LogP) is 2.75. The molecule has 0 radical (unpaired) electrons. The van der Waals surface area contributed by atoms with Crippen LogP contribution in [0.2, 0.25) is 0 Å². The second-order valence-corrected chi connectivity index (χ2v) is 4.00. The molecule has 20 heavy (non-hydrogen) atoms. The fourth-order valence-electron chi connectivity index (χ4n) is 1.09. The molecule has 0 spiro atoms. The van der Waals surface area contributed by atoms with E-state index in [1.165, 1.54) is 0 Å². The van der Waals surface area contributed by atoms with Crippen molar-refractivity contribution in [3.8, 4) is 0 Å². The van der Waals surface area contributed by atoms with E-state index in [4.69, 9.17) is 0 Å². The van der Waals surface area contributed by atoms with Crippen molar-refractivity contribution in [3.63, 3.8) is 0 Å². The smallest absolute Gasteiger partial charge is 0.456 e. The predicted molar refractivity (Wildman–Crippen MR) is 52.5 cm³/mol. The Morgan fingerprint density at radius 2 is 1.05 bits per heavy atom. The van der Waals surface area contributed by atoms with Crippen LogP contribution in [-0.4, -0.2) is 36.5 Å². The molecule has 2 unspecified atom stereocenters. The normalized spacial score (nSPS) is 15.4. The first kappa shape index (κ1) is 18.5. The maximum absolute atomic E-state index is 11.8. The van der Waals surface area contributed by atoms with Gasteiger partial charge in [-0.15, -0.1) is 0 Å². The second kappa shape index (κ2) is 6.80. The molecule has 0 aliphatic heterocycles. The van der Waals surface area contributed by atoms with Crippen LogP contribution in [0, 0.1) is 0 Å². The van der Waals surface area contributed by atoms with Crippen LogP contribution in [0.3, 0.4) is 0 Å². The van der Waals surface area contributed by atoms with Gasteiger partial charge < -0.3 is 9.47 Å². The Hall–Kier alpha value is -1.48. The topological polar surface area (TPSA) is 52.6 Å². The van der Waals surface area contributed by atoms with Gasteiger partial charge in [0, 0.05) is 0 Å². The molecule has 0 aliphatic rings. The Bertz CT molecular complexity index is 315.